The van der Waals surface area contributed by atoms with Crippen LogP contribution in [0.1, 0.15) is 51.4 Å². The molecule has 0 radical (unpaired) electrons. The molecule has 3 fully saturated rings. The Bertz CT molecular complexity index is 333. The molecule has 3 heteroatoms. The van der Waals surface area contributed by atoms with Gasteiger partial charge in [-0.25, -0.2) is 0 Å². The van der Waals surface area contributed by atoms with Crippen molar-refractivity contribution >= 4 is 0 Å². The molecule has 0 aromatic heterocycles. The van der Waals surface area contributed by atoms with Crippen LogP contribution in [0.15, 0.2) is 0 Å². The Balaban J connectivity index is 1.58. The number of hydrogen-bond donors (Lipinski definition) is 1. The molecular formula is C18H35N3. The van der Waals surface area contributed by atoms with Crippen molar-refractivity contribution in [2.24, 2.45) is 23.5 Å². The van der Waals surface area contributed by atoms with E-state index in [1.54, 1.807) is 0 Å². The van der Waals surface area contributed by atoms with Crippen LogP contribution in [-0.4, -0.2) is 55.6 Å². The Morgan fingerprint density at radius 2 is 1.81 bits per heavy atom. The molecule has 21 heavy (non-hydrogen) atoms. The lowest BCUT2D eigenvalue weighted by atomic mass is 9.72. The van der Waals surface area contributed by atoms with Gasteiger partial charge >= 0.3 is 0 Å². The molecule has 2 N–H and O–H groups in total. The minimum atomic E-state index is 0.314. The lowest BCUT2D eigenvalue weighted by Gasteiger charge is -2.48. The largest absolute Gasteiger partial charge is 0.329 e. The fraction of sp³-hybridized carbons (Fsp3) is 1.00. The summed E-state index contributed by atoms with van der Waals surface area (Å²) in [6, 6.07) is 0. The topological polar surface area (TPSA) is 32.5 Å². The lowest BCUT2D eigenvalue weighted by molar-refractivity contribution is 0.0318. The van der Waals surface area contributed by atoms with Crippen molar-refractivity contribution in [3.63, 3.8) is 0 Å². The van der Waals surface area contributed by atoms with Gasteiger partial charge in [-0.05, 0) is 83.5 Å². The molecule has 0 amide bonds. The summed E-state index contributed by atoms with van der Waals surface area (Å²) in [4.78, 5) is 5.15. The first kappa shape index (κ1) is 15.8. The van der Waals surface area contributed by atoms with Crippen LogP contribution < -0.4 is 5.73 Å². The van der Waals surface area contributed by atoms with Gasteiger partial charge in [-0.15, -0.1) is 0 Å². The van der Waals surface area contributed by atoms with Crippen molar-refractivity contribution in [2.75, 3.05) is 40.3 Å². The standard InChI is InChI=1S/C18H35N3/c1-20-10-7-15(8-11-20)13-21(2)18(14-19)9-3-4-17(12-18)16-5-6-16/h15-17H,3-14,19H2,1-2H3. The molecule has 0 aromatic rings. The van der Waals surface area contributed by atoms with Crippen molar-refractivity contribution in [1.29, 1.82) is 0 Å². The van der Waals surface area contributed by atoms with Crippen LogP contribution in [0.5, 0.6) is 0 Å². The van der Waals surface area contributed by atoms with E-state index in [0.717, 1.165) is 24.3 Å². The summed E-state index contributed by atoms with van der Waals surface area (Å²) < 4.78 is 0. The van der Waals surface area contributed by atoms with Gasteiger partial charge in [0.05, 0.1) is 0 Å². The summed E-state index contributed by atoms with van der Waals surface area (Å²) in [6.45, 7) is 4.68. The zero-order valence-electron chi connectivity index (χ0n) is 14.2. The van der Waals surface area contributed by atoms with Crippen LogP contribution in [-0.2, 0) is 0 Å². The van der Waals surface area contributed by atoms with E-state index in [0.29, 0.717) is 5.54 Å². The highest BCUT2D eigenvalue weighted by atomic mass is 15.2. The number of nitrogens with two attached hydrogens (primary N) is 1. The third-order valence-corrected chi connectivity index (χ3v) is 6.71. The average molecular weight is 293 g/mol. The van der Waals surface area contributed by atoms with Crippen molar-refractivity contribution in [2.45, 2.75) is 56.9 Å². The molecule has 0 aromatic carbocycles. The van der Waals surface area contributed by atoms with Crippen molar-refractivity contribution in [1.82, 2.24) is 9.80 Å². The molecule has 2 aliphatic carbocycles. The second-order valence-electron chi connectivity index (χ2n) is 8.25. The first-order valence-electron chi connectivity index (χ1n) is 9.23. The van der Waals surface area contributed by atoms with Gasteiger partial charge in [0.25, 0.3) is 0 Å². The average Bonchev–Trinajstić information content (AvgIpc) is 3.34. The zero-order valence-corrected chi connectivity index (χ0v) is 14.2. The molecule has 0 bridgehead atoms. The maximum absolute atomic E-state index is 6.30. The maximum Gasteiger partial charge on any atom is 0.0331 e. The quantitative estimate of drug-likeness (QED) is 0.845. The van der Waals surface area contributed by atoms with Crippen molar-refractivity contribution in [3.8, 4) is 0 Å². The summed E-state index contributed by atoms with van der Waals surface area (Å²) in [7, 11) is 4.61. The van der Waals surface area contributed by atoms with Crippen molar-refractivity contribution < 1.29 is 0 Å². The predicted molar refractivity (Wildman–Crippen MR) is 89.3 cm³/mol. The molecule has 122 valence electrons. The van der Waals surface area contributed by atoms with Crippen LogP contribution in [0.3, 0.4) is 0 Å². The van der Waals surface area contributed by atoms with Gasteiger partial charge < -0.3 is 10.6 Å². The third kappa shape index (κ3) is 3.62. The van der Waals surface area contributed by atoms with E-state index in [2.05, 4.69) is 23.9 Å². The lowest BCUT2D eigenvalue weighted by Crippen LogP contribution is -2.56. The van der Waals surface area contributed by atoms with Gasteiger partial charge in [0, 0.05) is 18.6 Å². The predicted octanol–water partition coefficient (Wildman–Crippen LogP) is 2.56. The third-order valence-electron chi connectivity index (χ3n) is 6.71. The minimum Gasteiger partial charge on any atom is -0.329 e. The Morgan fingerprint density at radius 1 is 1.10 bits per heavy atom. The number of likely N-dealkylation sites (tertiary alicyclic amines) is 1. The van der Waals surface area contributed by atoms with E-state index >= 15 is 0 Å². The molecule has 1 heterocycles. The number of nitrogens with zero attached hydrogens (tertiary/aromatic N) is 2. The van der Waals surface area contributed by atoms with Gasteiger partial charge in [0.1, 0.15) is 0 Å². The van der Waals surface area contributed by atoms with Gasteiger partial charge in [-0.1, -0.05) is 12.8 Å². The van der Waals surface area contributed by atoms with Crippen LogP contribution >= 0.6 is 0 Å². The Labute approximate surface area is 131 Å². The monoisotopic (exact) mass is 293 g/mol. The van der Waals surface area contributed by atoms with Crippen LogP contribution in [0, 0.1) is 17.8 Å². The molecule has 0 spiro atoms. The summed E-state index contributed by atoms with van der Waals surface area (Å²) in [6.07, 6.45) is 11.3. The molecular weight excluding hydrogens is 258 g/mol. The Morgan fingerprint density at radius 3 is 2.43 bits per heavy atom. The summed E-state index contributed by atoms with van der Waals surface area (Å²) in [5.41, 5.74) is 6.61. The first-order valence-corrected chi connectivity index (χ1v) is 9.23. The molecule has 2 atom stereocenters. The van der Waals surface area contributed by atoms with E-state index in [-0.39, 0.29) is 0 Å². The molecule has 2 unspecified atom stereocenters. The van der Waals surface area contributed by atoms with Crippen molar-refractivity contribution in [3.05, 3.63) is 0 Å². The van der Waals surface area contributed by atoms with E-state index in [4.69, 9.17) is 5.73 Å². The first-order chi connectivity index (χ1) is 10.1. The highest BCUT2D eigenvalue weighted by molar-refractivity contribution is 4.99. The van der Waals surface area contributed by atoms with E-state index in [1.807, 2.05) is 0 Å². The highest BCUT2D eigenvalue weighted by Gasteiger charge is 2.43. The van der Waals surface area contributed by atoms with Crippen LogP contribution in [0.25, 0.3) is 0 Å². The van der Waals surface area contributed by atoms with Crippen LogP contribution in [0.4, 0.5) is 0 Å². The summed E-state index contributed by atoms with van der Waals surface area (Å²) >= 11 is 0. The fourth-order valence-electron chi connectivity index (χ4n) is 4.87. The number of likely N-dealkylation sites (N-methyl/N-ethyl adjacent to an activating group) is 1. The highest BCUT2D eigenvalue weighted by Crippen LogP contribution is 2.47. The fourth-order valence-corrected chi connectivity index (χ4v) is 4.87. The van der Waals surface area contributed by atoms with Gasteiger partial charge in [-0.3, -0.25) is 4.90 Å². The normalized spacial score (nSPS) is 36.3. The summed E-state index contributed by atoms with van der Waals surface area (Å²) in [5.74, 6) is 2.91. The van der Waals surface area contributed by atoms with Gasteiger partial charge in [0.2, 0.25) is 0 Å². The number of rotatable bonds is 5. The van der Waals surface area contributed by atoms with E-state index in [1.165, 1.54) is 71.0 Å². The Hall–Kier alpha value is -0.120. The van der Waals surface area contributed by atoms with E-state index < -0.39 is 0 Å². The molecule has 3 aliphatic rings. The molecule has 2 saturated carbocycles. The van der Waals surface area contributed by atoms with Gasteiger partial charge in [-0.2, -0.15) is 0 Å². The minimum absolute atomic E-state index is 0.314. The second kappa shape index (κ2) is 6.55. The van der Waals surface area contributed by atoms with Gasteiger partial charge in [0.15, 0.2) is 0 Å². The van der Waals surface area contributed by atoms with Crippen LogP contribution in [0.2, 0.25) is 0 Å². The number of hydrogen-bond acceptors (Lipinski definition) is 3. The molecule has 1 aliphatic heterocycles. The zero-order chi connectivity index (χ0) is 14.9. The number of piperidine rings is 1. The maximum atomic E-state index is 6.30. The van der Waals surface area contributed by atoms with E-state index in [9.17, 15) is 0 Å². The molecule has 3 nitrogen and oxygen atoms in total. The SMILES string of the molecule is CN1CCC(CN(C)C2(CN)CCCC(C3CC3)C2)CC1. The smallest absolute Gasteiger partial charge is 0.0331 e. The molecule has 3 rings (SSSR count). The summed E-state index contributed by atoms with van der Waals surface area (Å²) in [5, 5.41) is 0. The Kier molecular flexibility index (Phi) is 4.92. The second-order valence-corrected chi connectivity index (χ2v) is 8.25. The molecule has 1 saturated heterocycles.